The van der Waals surface area contributed by atoms with Gasteiger partial charge in [-0.1, -0.05) is 29.8 Å². The summed E-state index contributed by atoms with van der Waals surface area (Å²) in [6.07, 6.45) is 0.632. The molecule has 1 N–H and O–H groups in total. The van der Waals surface area contributed by atoms with E-state index in [1.54, 1.807) is 13.0 Å². The Hall–Kier alpha value is -3.56. The number of hydrogen-bond donors (Lipinski definition) is 1. The van der Waals surface area contributed by atoms with Gasteiger partial charge in [-0.05, 0) is 61.7 Å². The third-order valence-corrected chi connectivity index (χ3v) is 5.44. The predicted molar refractivity (Wildman–Crippen MR) is 122 cm³/mol. The van der Waals surface area contributed by atoms with Gasteiger partial charge in [0, 0.05) is 17.1 Å². The van der Waals surface area contributed by atoms with Crippen LogP contribution in [0.2, 0.25) is 5.02 Å². The van der Waals surface area contributed by atoms with Gasteiger partial charge >= 0.3 is 5.97 Å². The van der Waals surface area contributed by atoms with E-state index in [1.807, 2.05) is 53.8 Å². The fraction of sp³-hybridized carbons (Fsp3) is 0.208. The van der Waals surface area contributed by atoms with E-state index < -0.39 is 0 Å². The zero-order valence-corrected chi connectivity index (χ0v) is 18.0. The van der Waals surface area contributed by atoms with Crippen LogP contribution >= 0.6 is 11.6 Å². The number of anilines is 2. The van der Waals surface area contributed by atoms with Crippen LogP contribution in [0.15, 0.2) is 48.5 Å². The standard InChI is InChI=1S/C24H21ClN4O2/c1-3-31-22(30)12-11-18-15(2)19(14-26)24-28-20-9-4-5-10-21(20)29(24)23(18)27-17-8-6-7-16(25)13-17/h4-10,13,27H,3,11-12H2,1-2H3. The second-order valence-corrected chi connectivity index (χ2v) is 7.58. The van der Waals surface area contributed by atoms with Crippen molar-refractivity contribution in [2.24, 2.45) is 0 Å². The number of hydrogen-bond acceptors (Lipinski definition) is 5. The van der Waals surface area contributed by atoms with Gasteiger partial charge in [-0.3, -0.25) is 9.20 Å². The number of pyridine rings is 1. The predicted octanol–water partition coefficient (Wildman–Crippen LogP) is 5.56. The minimum Gasteiger partial charge on any atom is -0.466 e. The van der Waals surface area contributed by atoms with Gasteiger partial charge in [-0.2, -0.15) is 5.26 Å². The average Bonchev–Trinajstić information content (AvgIpc) is 3.13. The molecule has 4 rings (SSSR count). The van der Waals surface area contributed by atoms with E-state index in [9.17, 15) is 10.1 Å². The van der Waals surface area contributed by atoms with Crippen LogP contribution in [0.5, 0.6) is 0 Å². The number of nitriles is 1. The van der Waals surface area contributed by atoms with Gasteiger partial charge in [0.1, 0.15) is 11.9 Å². The lowest BCUT2D eigenvalue weighted by atomic mass is 10.00. The molecule has 0 aliphatic rings. The summed E-state index contributed by atoms with van der Waals surface area (Å²) < 4.78 is 7.06. The molecule has 0 amide bonds. The Labute approximate surface area is 185 Å². The SMILES string of the molecule is CCOC(=O)CCc1c(C)c(C#N)c2nc3ccccc3n2c1Nc1cccc(Cl)c1. The third kappa shape index (κ3) is 3.92. The Morgan fingerprint density at radius 3 is 2.81 bits per heavy atom. The van der Waals surface area contributed by atoms with Crippen molar-refractivity contribution in [1.29, 1.82) is 5.26 Å². The van der Waals surface area contributed by atoms with Gasteiger partial charge in [-0.15, -0.1) is 0 Å². The van der Waals surface area contributed by atoms with Crippen molar-refractivity contribution in [2.45, 2.75) is 26.7 Å². The molecule has 0 radical (unpaired) electrons. The van der Waals surface area contributed by atoms with Crippen LogP contribution in [0.3, 0.4) is 0 Å². The number of nitrogens with one attached hydrogen (secondary N) is 1. The number of nitrogens with zero attached hydrogens (tertiary/aromatic N) is 3. The molecule has 6 nitrogen and oxygen atoms in total. The monoisotopic (exact) mass is 432 g/mol. The summed E-state index contributed by atoms with van der Waals surface area (Å²) in [6, 6.07) is 17.4. The lowest BCUT2D eigenvalue weighted by molar-refractivity contribution is -0.143. The molecule has 0 spiro atoms. The number of fused-ring (bicyclic) bond motifs is 3. The number of imidazole rings is 1. The van der Waals surface area contributed by atoms with Crippen molar-refractivity contribution in [3.8, 4) is 6.07 Å². The summed E-state index contributed by atoms with van der Waals surface area (Å²) in [5.41, 5.74) is 5.18. The summed E-state index contributed by atoms with van der Waals surface area (Å²) in [4.78, 5) is 16.8. The fourth-order valence-corrected chi connectivity index (χ4v) is 3.98. The van der Waals surface area contributed by atoms with Gasteiger partial charge < -0.3 is 10.1 Å². The lowest BCUT2D eigenvalue weighted by Crippen LogP contribution is -2.11. The van der Waals surface area contributed by atoms with E-state index in [0.717, 1.165) is 33.7 Å². The summed E-state index contributed by atoms with van der Waals surface area (Å²) >= 11 is 6.20. The molecule has 31 heavy (non-hydrogen) atoms. The molecule has 0 bridgehead atoms. The molecule has 0 saturated carbocycles. The van der Waals surface area contributed by atoms with Gasteiger partial charge in [0.25, 0.3) is 0 Å². The molecule has 0 atom stereocenters. The number of carbonyl (C=O) groups excluding carboxylic acids is 1. The Morgan fingerprint density at radius 2 is 2.06 bits per heavy atom. The molecule has 0 saturated heterocycles. The number of halogens is 1. The lowest BCUT2D eigenvalue weighted by Gasteiger charge is -2.19. The van der Waals surface area contributed by atoms with Crippen LogP contribution in [0, 0.1) is 18.3 Å². The van der Waals surface area contributed by atoms with Gasteiger partial charge in [0.2, 0.25) is 0 Å². The first-order valence-electron chi connectivity index (χ1n) is 10.0. The molecule has 0 unspecified atom stereocenters. The number of para-hydroxylation sites is 2. The van der Waals surface area contributed by atoms with Gasteiger partial charge in [0.05, 0.1) is 23.2 Å². The van der Waals surface area contributed by atoms with E-state index in [1.165, 1.54) is 0 Å². The van der Waals surface area contributed by atoms with E-state index in [2.05, 4.69) is 11.4 Å². The van der Waals surface area contributed by atoms with E-state index in [-0.39, 0.29) is 12.4 Å². The smallest absolute Gasteiger partial charge is 0.306 e. The number of aromatic nitrogens is 2. The number of ether oxygens (including phenoxy) is 1. The van der Waals surface area contributed by atoms with E-state index in [4.69, 9.17) is 21.3 Å². The van der Waals surface area contributed by atoms with E-state index in [0.29, 0.717) is 29.3 Å². The Bertz CT molecular complexity index is 1340. The Kier molecular flexibility index (Phi) is 5.79. The molecule has 7 heteroatoms. The molecule has 2 aromatic heterocycles. The van der Waals surface area contributed by atoms with Crippen molar-refractivity contribution < 1.29 is 9.53 Å². The Morgan fingerprint density at radius 1 is 1.26 bits per heavy atom. The number of benzene rings is 2. The normalized spacial score (nSPS) is 10.9. The molecule has 0 aliphatic carbocycles. The molecular weight excluding hydrogens is 412 g/mol. The van der Waals surface area contributed by atoms with Crippen molar-refractivity contribution in [2.75, 3.05) is 11.9 Å². The van der Waals surface area contributed by atoms with Gasteiger partial charge in [-0.25, -0.2) is 4.98 Å². The van der Waals surface area contributed by atoms with Crippen LogP contribution in [0.1, 0.15) is 30.0 Å². The zero-order chi connectivity index (χ0) is 22.0. The van der Waals surface area contributed by atoms with Crippen molar-refractivity contribution in [1.82, 2.24) is 9.38 Å². The van der Waals surface area contributed by atoms with Crippen LogP contribution in [-0.2, 0) is 16.0 Å². The highest BCUT2D eigenvalue weighted by molar-refractivity contribution is 6.30. The summed E-state index contributed by atoms with van der Waals surface area (Å²) in [5, 5.41) is 14.0. The first-order chi connectivity index (χ1) is 15.0. The van der Waals surface area contributed by atoms with Crippen LogP contribution in [-0.4, -0.2) is 22.0 Å². The molecule has 156 valence electrons. The molecular formula is C24H21ClN4O2. The second kappa shape index (κ2) is 8.66. The minimum absolute atomic E-state index is 0.210. The second-order valence-electron chi connectivity index (χ2n) is 7.14. The van der Waals surface area contributed by atoms with Crippen molar-refractivity contribution >= 4 is 45.8 Å². The summed E-state index contributed by atoms with van der Waals surface area (Å²) in [7, 11) is 0. The highest BCUT2D eigenvalue weighted by atomic mass is 35.5. The maximum Gasteiger partial charge on any atom is 0.306 e. The van der Waals surface area contributed by atoms with Crippen LogP contribution in [0.4, 0.5) is 11.5 Å². The van der Waals surface area contributed by atoms with Crippen LogP contribution < -0.4 is 5.32 Å². The first kappa shape index (κ1) is 20.7. The summed E-state index contributed by atoms with van der Waals surface area (Å²) in [5.74, 6) is 0.483. The molecule has 0 fully saturated rings. The number of carbonyl (C=O) groups is 1. The molecule has 0 aliphatic heterocycles. The average molecular weight is 433 g/mol. The van der Waals surface area contributed by atoms with Gasteiger partial charge in [0.15, 0.2) is 5.65 Å². The number of rotatable bonds is 6. The minimum atomic E-state index is -0.273. The van der Waals surface area contributed by atoms with Crippen molar-refractivity contribution in [3.63, 3.8) is 0 Å². The fourth-order valence-electron chi connectivity index (χ4n) is 3.79. The van der Waals surface area contributed by atoms with Crippen LogP contribution in [0.25, 0.3) is 16.7 Å². The molecule has 4 aromatic rings. The highest BCUT2D eigenvalue weighted by Crippen LogP contribution is 2.34. The quantitative estimate of drug-likeness (QED) is 0.403. The molecule has 2 heterocycles. The highest BCUT2D eigenvalue weighted by Gasteiger charge is 2.21. The largest absolute Gasteiger partial charge is 0.466 e. The first-order valence-corrected chi connectivity index (χ1v) is 10.4. The topological polar surface area (TPSA) is 79.4 Å². The maximum absolute atomic E-state index is 12.1. The van der Waals surface area contributed by atoms with Crippen molar-refractivity contribution in [3.05, 3.63) is 70.2 Å². The van der Waals surface area contributed by atoms with E-state index >= 15 is 0 Å². The number of esters is 1. The summed E-state index contributed by atoms with van der Waals surface area (Å²) in [6.45, 7) is 4.01. The third-order valence-electron chi connectivity index (χ3n) is 5.21. The maximum atomic E-state index is 12.1. The zero-order valence-electron chi connectivity index (χ0n) is 17.3. The molecule has 2 aromatic carbocycles. The Balaban J connectivity index is 1.98.